The molecule has 1 aliphatic rings. The number of sulfone groups is 1. The number of nitrogens with one attached hydrogen (secondary N) is 2. The van der Waals surface area contributed by atoms with Crippen LogP contribution in [-0.2, 0) is 16.4 Å². The first-order valence-electron chi connectivity index (χ1n) is 8.17. The summed E-state index contributed by atoms with van der Waals surface area (Å²) in [5.41, 5.74) is 1.72. The lowest BCUT2D eigenvalue weighted by Gasteiger charge is -2.12. The SMILES string of the molecule is Cc1cc(C(=O)NC2CCS(=O)(=O)C2)nc(NCc2ccccc2Cl)n1. The summed E-state index contributed by atoms with van der Waals surface area (Å²) in [5.74, 6) is -0.0151. The minimum absolute atomic E-state index is 0.0274. The van der Waals surface area contributed by atoms with E-state index in [1.54, 1.807) is 19.1 Å². The smallest absolute Gasteiger partial charge is 0.270 e. The van der Waals surface area contributed by atoms with E-state index in [1.165, 1.54) is 0 Å². The molecule has 2 heterocycles. The maximum Gasteiger partial charge on any atom is 0.270 e. The van der Waals surface area contributed by atoms with Gasteiger partial charge in [-0.15, -0.1) is 0 Å². The van der Waals surface area contributed by atoms with E-state index >= 15 is 0 Å². The summed E-state index contributed by atoms with van der Waals surface area (Å²) >= 11 is 6.13. The highest BCUT2D eigenvalue weighted by Gasteiger charge is 2.29. The Balaban J connectivity index is 1.69. The van der Waals surface area contributed by atoms with Gasteiger partial charge in [-0.3, -0.25) is 4.79 Å². The maximum atomic E-state index is 12.4. The second kappa shape index (κ2) is 7.59. The first-order valence-corrected chi connectivity index (χ1v) is 10.4. The standard InChI is InChI=1S/C17H19ClN4O3S/c1-11-8-15(16(23)21-13-6-7-26(24,25)10-13)22-17(20-11)19-9-12-4-2-3-5-14(12)18/h2-5,8,13H,6-7,9-10H2,1H3,(H,21,23)(H,19,20,22). The van der Waals surface area contributed by atoms with Crippen molar-refractivity contribution >= 4 is 33.3 Å². The van der Waals surface area contributed by atoms with Crippen LogP contribution in [0, 0.1) is 6.92 Å². The van der Waals surface area contributed by atoms with Gasteiger partial charge in [0.1, 0.15) is 5.69 Å². The van der Waals surface area contributed by atoms with Crippen LogP contribution >= 0.6 is 11.6 Å². The Labute approximate surface area is 157 Å². The van der Waals surface area contributed by atoms with Crippen LogP contribution in [0.15, 0.2) is 30.3 Å². The van der Waals surface area contributed by atoms with Gasteiger partial charge in [0, 0.05) is 23.3 Å². The van der Waals surface area contributed by atoms with E-state index < -0.39 is 15.7 Å². The van der Waals surface area contributed by atoms with Crippen molar-refractivity contribution in [1.29, 1.82) is 0 Å². The molecule has 0 bridgehead atoms. The number of anilines is 1. The van der Waals surface area contributed by atoms with Crippen molar-refractivity contribution in [3.63, 3.8) is 0 Å². The van der Waals surface area contributed by atoms with Crippen molar-refractivity contribution in [2.75, 3.05) is 16.8 Å². The summed E-state index contributed by atoms with van der Waals surface area (Å²) in [6, 6.07) is 8.61. The van der Waals surface area contributed by atoms with Crippen LogP contribution < -0.4 is 10.6 Å². The zero-order valence-electron chi connectivity index (χ0n) is 14.2. The van der Waals surface area contributed by atoms with Gasteiger partial charge >= 0.3 is 0 Å². The third-order valence-electron chi connectivity index (χ3n) is 4.05. The van der Waals surface area contributed by atoms with Gasteiger partial charge in [0.2, 0.25) is 5.95 Å². The van der Waals surface area contributed by atoms with E-state index in [4.69, 9.17) is 11.6 Å². The molecule has 0 spiro atoms. The number of hydrogen-bond acceptors (Lipinski definition) is 6. The summed E-state index contributed by atoms with van der Waals surface area (Å²) in [5, 5.41) is 6.43. The van der Waals surface area contributed by atoms with E-state index in [0.29, 0.717) is 29.6 Å². The van der Waals surface area contributed by atoms with Crippen LogP contribution in [0.4, 0.5) is 5.95 Å². The highest BCUT2D eigenvalue weighted by molar-refractivity contribution is 7.91. The Morgan fingerprint density at radius 3 is 2.77 bits per heavy atom. The first-order chi connectivity index (χ1) is 12.3. The zero-order valence-corrected chi connectivity index (χ0v) is 15.8. The summed E-state index contributed by atoms with van der Waals surface area (Å²) in [6.07, 6.45) is 0.426. The molecule has 1 aromatic carbocycles. The third kappa shape index (κ3) is 4.70. The second-order valence-electron chi connectivity index (χ2n) is 6.24. The number of aryl methyl sites for hydroxylation is 1. The van der Waals surface area contributed by atoms with Crippen LogP contribution in [0.2, 0.25) is 5.02 Å². The molecular formula is C17H19ClN4O3S. The molecule has 0 aliphatic carbocycles. The number of carbonyl (C=O) groups is 1. The number of nitrogens with zero attached hydrogens (tertiary/aromatic N) is 2. The minimum Gasteiger partial charge on any atom is -0.350 e. The third-order valence-corrected chi connectivity index (χ3v) is 6.19. The number of aromatic nitrogens is 2. The van der Waals surface area contributed by atoms with Gasteiger partial charge < -0.3 is 10.6 Å². The Kier molecular flexibility index (Phi) is 5.43. The Bertz CT molecular complexity index is 933. The van der Waals surface area contributed by atoms with E-state index in [-0.39, 0.29) is 23.2 Å². The van der Waals surface area contributed by atoms with Crippen molar-refractivity contribution in [3.05, 3.63) is 52.3 Å². The quantitative estimate of drug-likeness (QED) is 0.804. The molecule has 1 aromatic heterocycles. The van der Waals surface area contributed by atoms with Crippen molar-refractivity contribution in [3.8, 4) is 0 Å². The molecule has 1 amide bonds. The van der Waals surface area contributed by atoms with E-state index in [1.807, 2.05) is 18.2 Å². The van der Waals surface area contributed by atoms with Gasteiger partial charge in [0.25, 0.3) is 5.91 Å². The second-order valence-corrected chi connectivity index (χ2v) is 8.87. The minimum atomic E-state index is -3.06. The predicted octanol–water partition coefficient (Wildman–Crippen LogP) is 1.97. The molecule has 138 valence electrons. The van der Waals surface area contributed by atoms with Gasteiger partial charge in [-0.1, -0.05) is 29.8 Å². The lowest BCUT2D eigenvalue weighted by Crippen LogP contribution is -2.36. The van der Waals surface area contributed by atoms with Crippen LogP contribution in [0.1, 0.15) is 28.2 Å². The molecular weight excluding hydrogens is 376 g/mol. The monoisotopic (exact) mass is 394 g/mol. The Hall–Kier alpha value is -2.19. The number of carbonyl (C=O) groups excluding carboxylic acids is 1. The molecule has 1 aliphatic heterocycles. The fourth-order valence-corrected chi connectivity index (χ4v) is 4.62. The van der Waals surface area contributed by atoms with Crippen LogP contribution in [0.25, 0.3) is 0 Å². The number of amides is 1. The average molecular weight is 395 g/mol. The summed E-state index contributed by atoms with van der Waals surface area (Å²) < 4.78 is 23.0. The van der Waals surface area contributed by atoms with Crippen LogP contribution in [0.3, 0.4) is 0 Å². The average Bonchev–Trinajstić information content (AvgIpc) is 2.92. The maximum absolute atomic E-state index is 12.4. The van der Waals surface area contributed by atoms with E-state index in [9.17, 15) is 13.2 Å². The molecule has 1 saturated heterocycles. The Morgan fingerprint density at radius 1 is 1.31 bits per heavy atom. The van der Waals surface area contributed by atoms with Crippen molar-refractivity contribution in [1.82, 2.24) is 15.3 Å². The molecule has 3 rings (SSSR count). The zero-order chi connectivity index (χ0) is 18.7. The molecule has 1 unspecified atom stereocenters. The molecule has 7 nitrogen and oxygen atoms in total. The number of halogens is 1. The molecule has 2 aromatic rings. The molecule has 0 radical (unpaired) electrons. The van der Waals surface area contributed by atoms with Crippen LogP contribution in [0.5, 0.6) is 0 Å². The van der Waals surface area contributed by atoms with Gasteiger partial charge in [-0.25, -0.2) is 18.4 Å². The predicted molar refractivity (Wildman–Crippen MR) is 100 cm³/mol. The number of hydrogen-bond donors (Lipinski definition) is 2. The van der Waals surface area contributed by atoms with Crippen molar-refractivity contribution < 1.29 is 13.2 Å². The van der Waals surface area contributed by atoms with Crippen molar-refractivity contribution in [2.45, 2.75) is 25.9 Å². The molecule has 1 fully saturated rings. The number of benzene rings is 1. The highest BCUT2D eigenvalue weighted by atomic mass is 35.5. The number of rotatable bonds is 5. The van der Waals surface area contributed by atoms with E-state index in [0.717, 1.165) is 5.56 Å². The molecule has 2 N–H and O–H groups in total. The van der Waals surface area contributed by atoms with Crippen LogP contribution in [-0.4, -0.2) is 41.8 Å². The molecule has 1 atom stereocenters. The van der Waals surface area contributed by atoms with E-state index in [2.05, 4.69) is 20.6 Å². The summed E-state index contributed by atoms with van der Waals surface area (Å²) in [7, 11) is -3.06. The van der Waals surface area contributed by atoms with Crippen molar-refractivity contribution in [2.24, 2.45) is 0 Å². The lowest BCUT2D eigenvalue weighted by molar-refractivity contribution is 0.0936. The fourth-order valence-electron chi connectivity index (χ4n) is 2.75. The topological polar surface area (TPSA) is 101 Å². The molecule has 26 heavy (non-hydrogen) atoms. The fraction of sp³-hybridized carbons (Fsp3) is 0.353. The summed E-state index contributed by atoms with van der Waals surface area (Å²) in [6.45, 7) is 2.18. The molecule has 0 saturated carbocycles. The van der Waals surface area contributed by atoms with Gasteiger partial charge in [0.15, 0.2) is 9.84 Å². The summed E-state index contributed by atoms with van der Waals surface area (Å²) in [4.78, 5) is 20.9. The van der Waals surface area contributed by atoms with Gasteiger partial charge in [0.05, 0.1) is 11.5 Å². The first kappa shape index (κ1) is 18.6. The van der Waals surface area contributed by atoms with Gasteiger partial charge in [-0.05, 0) is 31.0 Å². The normalized spacial score (nSPS) is 18.5. The lowest BCUT2D eigenvalue weighted by atomic mass is 10.2. The molecule has 9 heteroatoms. The Morgan fingerprint density at radius 2 is 2.08 bits per heavy atom. The highest BCUT2D eigenvalue weighted by Crippen LogP contribution is 2.16. The largest absolute Gasteiger partial charge is 0.350 e. The van der Waals surface area contributed by atoms with Gasteiger partial charge in [-0.2, -0.15) is 0 Å².